The second-order valence-electron chi connectivity index (χ2n) is 5.17. The van der Waals surface area contributed by atoms with Crippen molar-refractivity contribution in [2.45, 2.75) is 26.7 Å². The first-order valence-corrected chi connectivity index (χ1v) is 7.00. The molecule has 2 rings (SSSR count). The molecule has 22 heavy (non-hydrogen) atoms. The highest BCUT2D eigenvalue weighted by Crippen LogP contribution is 2.13. The normalized spacial score (nSPS) is 17.9. The summed E-state index contributed by atoms with van der Waals surface area (Å²) < 4.78 is 0. The van der Waals surface area contributed by atoms with Gasteiger partial charge in [0.15, 0.2) is 0 Å². The molecule has 0 unspecified atom stereocenters. The summed E-state index contributed by atoms with van der Waals surface area (Å²) in [6, 6.07) is 7.22. The summed E-state index contributed by atoms with van der Waals surface area (Å²) in [5.74, 6) is -0.720. The van der Waals surface area contributed by atoms with Crippen LogP contribution in [0, 0.1) is 5.92 Å². The van der Waals surface area contributed by atoms with Crippen molar-refractivity contribution in [3.8, 4) is 0 Å². The Morgan fingerprint density at radius 1 is 1.41 bits per heavy atom. The van der Waals surface area contributed by atoms with Gasteiger partial charge in [-0.05, 0) is 38.0 Å². The smallest absolute Gasteiger partial charge is 0.248 e. The van der Waals surface area contributed by atoms with Crippen LogP contribution < -0.4 is 16.6 Å². The maximum atomic E-state index is 11.8. The number of nitrogen functional groups attached to an aromatic ring is 1. The highest BCUT2D eigenvalue weighted by molar-refractivity contribution is 6.07. The molecule has 0 saturated carbocycles. The molecule has 1 aromatic carbocycles. The van der Waals surface area contributed by atoms with Gasteiger partial charge >= 0.3 is 0 Å². The molecule has 2 amide bonds. The van der Waals surface area contributed by atoms with Gasteiger partial charge in [0, 0.05) is 17.8 Å². The number of nitrogens with two attached hydrogens (primary N) is 1. The fourth-order valence-electron chi connectivity index (χ4n) is 2.10. The van der Waals surface area contributed by atoms with E-state index in [4.69, 9.17) is 5.73 Å². The topological polar surface area (TPSA) is 109 Å². The van der Waals surface area contributed by atoms with Crippen molar-refractivity contribution in [1.82, 2.24) is 10.9 Å². The molecule has 1 aromatic rings. The third-order valence-corrected chi connectivity index (χ3v) is 3.50. The second kappa shape index (κ2) is 6.84. The molecule has 0 aromatic heterocycles. The quantitative estimate of drug-likeness (QED) is 0.429. The van der Waals surface area contributed by atoms with Crippen LogP contribution in [0.25, 0.3) is 0 Å². The first kappa shape index (κ1) is 15.7. The van der Waals surface area contributed by atoms with E-state index in [9.17, 15) is 9.59 Å². The van der Waals surface area contributed by atoms with Crippen molar-refractivity contribution in [2.24, 2.45) is 16.1 Å². The minimum atomic E-state index is -0.326. The SMILES string of the molecule is CC1=NNC(=O)[C@@H]1CCC(=O)N/N=C(/C)c1ccc(N)cc1. The molecule has 4 N–H and O–H groups in total. The van der Waals surface area contributed by atoms with E-state index < -0.39 is 0 Å². The molecule has 1 aliphatic heterocycles. The molecule has 0 radical (unpaired) electrons. The number of hydrazone groups is 2. The summed E-state index contributed by atoms with van der Waals surface area (Å²) in [6.07, 6.45) is 0.632. The Bertz CT molecular complexity index is 634. The van der Waals surface area contributed by atoms with Crippen LogP contribution in [0.3, 0.4) is 0 Å². The van der Waals surface area contributed by atoms with Crippen LogP contribution >= 0.6 is 0 Å². The predicted molar refractivity (Wildman–Crippen MR) is 85.2 cm³/mol. The highest BCUT2D eigenvalue weighted by atomic mass is 16.2. The zero-order chi connectivity index (χ0) is 16.1. The van der Waals surface area contributed by atoms with Crippen LogP contribution in [0.1, 0.15) is 32.3 Å². The Morgan fingerprint density at radius 3 is 2.68 bits per heavy atom. The predicted octanol–water partition coefficient (Wildman–Crippen LogP) is 1.01. The van der Waals surface area contributed by atoms with Gasteiger partial charge in [-0.25, -0.2) is 10.9 Å². The standard InChI is InChI=1S/C15H19N5O2/c1-9(11-3-5-12(16)6-4-11)17-19-14(21)8-7-13-10(2)18-20-15(13)22/h3-6,13H,7-8,16H2,1-2H3,(H,19,21)(H,20,22)/b17-9-/t13-/m1/s1. The summed E-state index contributed by atoms with van der Waals surface area (Å²) in [4.78, 5) is 23.3. The number of hydrogen-bond donors (Lipinski definition) is 3. The van der Waals surface area contributed by atoms with Crippen LogP contribution in [0.2, 0.25) is 0 Å². The minimum Gasteiger partial charge on any atom is -0.399 e. The molecular weight excluding hydrogens is 282 g/mol. The number of benzene rings is 1. The Morgan fingerprint density at radius 2 is 2.09 bits per heavy atom. The summed E-state index contributed by atoms with van der Waals surface area (Å²) in [7, 11) is 0. The van der Waals surface area contributed by atoms with E-state index in [0.717, 1.165) is 5.56 Å². The molecule has 0 bridgehead atoms. The number of amides is 2. The molecule has 0 saturated heterocycles. The van der Waals surface area contributed by atoms with E-state index in [2.05, 4.69) is 21.1 Å². The maximum absolute atomic E-state index is 11.8. The lowest BCUT2D eigenvalue weighted by atomic mass is 9.99. The molecule has 0 spiro atoms. The Kier molecular flexibility index (Phi) is 4.88. The number of rotatable bonds is 5. The zero-order valence-electron chi connectivity index (χ0n) is 12.6. The van der Waals surface area contributed by atoms with Gasteiger partial charge in [0.05, 0.1) is 11.6 Å². The van der Waals surface area contributed by atoms with Crippen molar-refractivity contribution < 1.29 is 9.59 Å². The van der Waals surface area contributed by atoms with Crippen LogP contribution in [-0.4, -0.2) is 23.2 Å². The van der Waals surface area contributed by atoms with E-state index in [1.165, 1.54) is 0 Å². The number of carbonyl (C=O) groups is 2. The Balaban J connectivity index is 1.84. The maximum Gasteiger partial charge on any atom is 0.248 e. The molecule has 1 heterocycles. The van der Waals surface area contributed by atoms with E-state index in [0.29, 0.717) is 23.5 Å². The van der Waals surface area contributed by atoms with Crippen molar-refractivity contribution in [1.29, 1.82) is 0 Å². The second-order valence-corrected chi connectivity index (χ2v) is 5.17. The minimum absolute atomic E-state index is 0.160. The van der Waals surface area contributed by atoms with E-state index in [1.54, 1.807) is 26.0 Å². The number of carbonyl (C=O) groups excluding carboxylic acids is 2. The van der Waals surface area contributed by atoms with E-state index in [1.807, 2.05) is 12.1 Å². The molecule has 1 atom stereocenters. The van der Waals surface area contributed by atoms with Gasteiger partial charge in [-0.2, -0.15) is 10.2 Å². The number of anilines is 1. The molecule has 7 nitrogen and oxygen atoms in total. The zero-order valence-corrected chi connectivity index (χ0v) is 12.6. The van der Waals surface area contributed by atoms with Crippen molar-refractivity contribution in [2.75, 3.05) is 5.73 Å². The molecule has 0 fully saturated rings. The first-order chi connectivity index (χ1) is 10.5. The Hall–Kier alpha value is -2.70. The lowest BCUT2D eigenvalue weighted by molar-refractivity contribution is -0.123. The van der Waals surface area contributed by atoms with Gasteiger partial charge < -0.3 is 5.73 Å². The summed E-state index contributed by atoms with van der Waals surface area (Å²) >= 11 is 0. The lowest BCUT2D eigenvalue weighted by Crippen LogP contribution is -2.25. The van der Waals surface area contributed by atoms with Crippen LogP contribution in [0.5, 0.6) is 0 Å². The largest absolute Gasteiger partial charge is 0.399 e. The molecule has 7 heteroatoms. The van der Waals surface area contributed by atoms with Gasteiger partial charge in [-0.15, -0.1) is 0 Å². The number of nitrogens with one attached hydrogen (secondary N) is 2. The number of hydrogen-bond acceptors (Lipinski definition) is 5. The summed E-state index contributed by atoms with van der Waals surface area (Å²) in [5, 5.41) is 7.90. The average molecular weight is 301 g/mol. The van der Waals surface area contributed by atoms with Crippen molar-refractivity contribution in [3.05, 3.63) is 29.8 Å². The van der Waals surface area contributed by atoms with Gasteiger partial charge in [0.1, 0.15) is 0 Å². The first-order valence-electron chi connectivity index (χ1n) is 7.00. The monoisotopic (exact) mass is 301 g/mol. The van der Waals surface area contributed by atoms with E-state index in [-0.39, 0.29) is 24.2 Å². The number of nitrogens with zero attached hydrogens (tertiary/aromatic N) is 2. The molecular formula is C15H19N5O2. The molecule has 0 aliphatic carbocycles. The van der Waals surface area contributed by atoms with Crippen LogP contribution in [0.4, 0.5) is 5.69 Å². The van der Waals surface area contributed by atoms with Gasteiger partial charge in [0.2, 0.25) is 11.8 Å². The van der Waals surface area contributed by atoms with Crippen molar-refractivity contribution >= 4 is 28.9 Å². The van der Waals surface area contributed by atoms with Crippen LogP contribution in [0.15, 0.2) is 34.5 Å². The fourth-order valence-corrected chi connectivity index (χ4v) is 2.10. The molecule has 116 valence electrons. The van der Waals surface area contributed by atoms with Crippen LogP contribution in [-0.2, 0) is 9.59 Å². The highest BCUT2D eigenvalue weighted by Gasteiger charge is 2.26. The van der Waals surface area contributed by atoms with E-state index >= 15 is 0 Å². The Labute approximate surface area is 128 Å². The lowest BCUT2D eigenvalue weighted by Gasteiger charge is -2.07. The summed E-state index contributed by atoms with van der Waals surface area (Å²) in [6.45, 7) is 3.57. The average Bonchev–Trinajstić information content (AvgIpc) is 2.82. The third kappa shape index (κ3) is 3.91. The fraction of sp³-hybridized carbons (Fsp3) is 0.333. The van der Waals surface area contributed by atoms with Gasteiger partial charge in [-0.3, -0.25) is 9.59 Å². The van der Waals surface area contributed by atoms with Gasteiger partial charge in [-0.1, -0.05) is 12.1 Å². The third-order valence-electron chi connectivity index (χ3n) is 3.50. The summed E-state index contributed by atoms with van der Waals surface area (Å²) in [5.41, 5.74) is 13.5. The molecule has 1 aliphatic rings. The van der Waals surface area contributed by atoms with Gasteiger partial charge in [0.25, 0.3) is 0 Å². The van der Waals surface area contributed by atoms with Crippen molar-refractivity contribution in [3.63, 3.8) is 0 Å².